The number of imide groups is 1. The van der Waals surface area contributed by atoms with E-state index in [0.717, 1.165) is 49.3 Å². The highest BCUT2D eigenvalue weighted by Gasteiger charge is 2.36. The molecule has 0 saturated heterocycles. The number of hydrogen-bond acceptors (Lipinski definition) is 3. The molecule has 1 aliphatic rings. The Bertz CT molecular complexity index is 2620. The summed E-state index contributed by atoms with van der Waals surface area (Å²) >= 11 is 0. The molecule has 46 heavy (non-hydrogen) atoms. The van der Waals surface area contributed by atoms with Crippen molar-refractivity contribution in [3.63, 3.8) is 0 Å². The van der Waals surface area contributed by atoms with Gasteiger partial charge in [-0.3, -0.25) is 9.59 Å². The molecule has 0 atom stereocenters. The Morgan fingerprint density at radius 3 is 1.61 bits per heavy atom. The molecule has 9 rings (SSSR count). The number of aromatic nitrogens is 2. The summed E-state index contributed by atoms with van der Waals surface area (Å²) in [7, 11) is 0. The fourth-order valence-electron chi connectivity index (χ4n) is 7.02. The van der Waals surface area contributed by atoms with Gasteiger partial charge in [-0.25, -0.2) is 4.90 Å². The molecule has 0 radical (unpaired) electrons. The number of nitriles is 1. The molecule has 1 aliphatic heterocycles. The van der Waals surface area contributed by atoms with Crippen molar-refractivity contribution in [2.24, 2.45) is 0 Å². The fourth-order valence-corrected chi connectivity index (χ4v) is 7.02. The van der Waals surface area contributed by atoms with Crippen LogP contribution in [-0.4, -0.2) is 20.9 Å². The number of rotatable bonds is 3. The van der Waals surface area contributed by atoms with Gasteiger partial charge >= 0.3 is 0 Å². The zero-order valence-corrected chi connectivity index (χ0v) is 24.7. The summed E-state index contributed by atoms with van der Waals surface area (Å²) < 4.78 is 4.42. The predicted molar refractivity (Wildman–Crippen MR) is 182 cm³/mol. The van der Waals surface area contributed by atoms with E-state index in [1.807, 2.05) is 24.3 Å². The summed E-state index contributed by atoms with van der Waals surface area (Å²) in [6, 6.07) is 44.0. The largest absolute Gasteiger partial charge is 0.309 e. The van der Waals surface area contributed by atoms with Gasteiger partial charge in [0, 0.05) is 32.9 Å². The fraction of sp³-hybridized carbons (Fsp3) is 0.0250. The molecule has 0 spiro atoms. The first-order valence-electron chi connectivity index (χ1n) is 15.1. The van der Waals surface area contributed by atoms with E-state index in [1.165, 1.54) is 10.5 Å². The number of hydrogen-bond donors (Lipinski definition) is 0. The highest BCUT2D eigenvalue weighted by atomic mass is 16.2. The van der Waals surface area contributed by atoms with Crippen LogP contribution in [0.3, 0.4) is 0 Å². The maximum Gasteiger partial charge on any atom is 0.266 e. The summed E-state index contributed by atoms with van der Waals surface area (Å²) in [5, 5.41) is 14.6. The standard InChI is InChI=1S/C40H24N4O2/c1-24-14-16-26(17-15-24)42-35-12-6-4-8-29(35)33-21-34-30-9-5-7-13-36(30)43(38(34)22-37(33)42)27-18-25(23-41)19-28(20-27)44-39(45)31-10-2-3-11-32(31)40(44)46/h2-22H,1H3. The van der Waals surface area contributed by atoms with E-state index in [4.69, 9.17) is 0 Å². The summed E-state index contributed by atoms with van der Waals surface area (Å²) in [6.45, 7) is 2.09. The van der Waals surface area contributed by atoms with E-state index in [2.05, 4.69) is 94.9 Å². The van der Waals surface area contributed by atoms with E-state index in [9.17, 15) is 14.9 Å². The lowest BCUT2D eigenvalue weighted by molar-refractivity contribution is 0.0926. The maximum atomic E-state index is 13.5. The second-order valence-corrected chi connectivity index (χ2v) is 11.8. The van der Waals surface area contributed by atoms with Crippen LogP contribution < -0.4 is 4.90 Å². The summed E-state index contributed by atoms with van der Waals surface area (Å²) in [4.78, 5) is 28.1. The van der Waals surface area contributed by atoms with Crippen molar-refractivity contribution >= 4 is 61.1 Å². The van der Waals surface area contributed by atoms with Crippen LogP contribution in [0.1, 0.15) is 31.8 Å². The molecule has 0 aliphatic carbocycles. The molecular formula is C40H24N4O2. The van der Waals surface area contributed by atoms with E-state index >= 15 is 0 Å². The third kappa shape index (κ3) is 3.57. The van der Waals surface area contributed by atoms with Gasteiger partial charge in [0.05, 0.1) is 50.5 Å². The molecule has 2 amide bonds. The zero-order valence-electron chi connectivity index (χ0n) is 24.7. The van der Waals surface area contributed by atoms with Crippen molar-refractivity contribution in [3.8, 4) is 17.4 Å². The molecule has 0 fully saturated rings. The SMILES string of the molecule is Cc1ccc(-n2c3ccccc3c3cc4c5ccccc5n(-c5cc(C#N)cc(N6C(=O)c7ccccc7C6=O)c5)c4cc32)cc1. The number of amides is 2. The summed E-state index contributed by atoms with van der Waals surface area (Å²) in [5.74, 6) is -0.790. The molecule has 3 heterocycles. The minimum atomic E-state index is -0.395. The Hall–Kier alpha value is -6.45. The van der Waals surface area contributed by atoms with Gasteiger partial charge in [0.15, 0.2) is 0 Å². The molecule has 8 aromatic rings. The van der Waals surface area contributed by atoms with Gasteiger partial charge in [-0.05, 0) is 73.7 Å². The average molecular weight is 593 g/mol. The minimum absolute atomic E-state index is 0.352. The van der Waals surface area contributed by atoms with Gasteiger partial charge in [0.25, 0.3) is 11.8 Å². The smallest absolute Gasteiger partial charge is 0.266 e. The molecule has 0 unspecified atom stereocenters. The second kappa shape index (κ2) is 9.52. The predicted octanol–water partition coefficient (Wildman–Crippen LogP) is 8.86. The van der Waals surface area contributed by atoms with Crippen molar-refractivity contribution < 1.29 is 9.59 Å². The molecule has 0 bridgehead atoms. The van der Waals surface area contributed by atoms with Crippen molar-refractivity contribution in [1.82, 2.24) is 9.13 Å². The van der Waals surface area contributed by atoms with Crippen LogP contribution >= 0.6 is 0 Å². The van der Waals surface area contributed by atoms with Crippen LogP contribution in [0, 0.1) is 18.3 Å². The highest BCUT2D eigenvalue weighted by Crippen LogP contribution is 2.40. The number of carbonyl (C=O) groups excluding carboxylic acids is 2. The molecule has 6 nitrogen and oxygen atoms in total. The molecule has 216 valence electrons. The van der Waals surface area contributed by atoms with E-state index in [0.29, 0.717) is 28.1 Å². The summed E-state index contributed by atoms with van der Waals surface area (Å²) in [5.41, 5.74) is 8.46. The first-order chi connectivity index (χ1) is 22.5. The van der Waals surface area contributed by atoms with Gasteiger partial charge in [0.2, 0.25) is 0 Å². The highest BCUT2D eigenvalue weighted by molar-refractivity contribution is 6.34. The Morgan fingerprint density at radius 1 is 0.500 bits per heavy atom. The molecule has 0 N–H and O–H groups in total. The Morgan fingerprint density at radius 2 is 1.02 bits per heavy atom. The third-order valence-electron chi connectivity index (χ3n) is 9.10. The topological polar surface area (TPSA) is 71.0 Å². The Kier molecular flexibility index (Phi) is 5.38. The van der Waals surface area contributed by atoms with Crippen LogP contribution in [0.5, 0.6) is 0 Å². The average Bonchev–Trinajstić information content (AvgIpc) is 3.68. The quantitative estimate of drug-likeness (QED) is 0.192. The Balaban J connectivity index is 1.35. The summed E-state index contributed by atoms with van der Waals surface area (Å²) in [6.07, 6.45) is 0. The number of para-hydroxylation sites is 2. The molecule has 0 saturated carbocycles. The molecule has 6 aromatic carbocycles. The number of benzene rings is 6. The van der Waals surface area contributed by atoms with Crippen molar-refractivity contribution in [2.45, 2.75) is 6.92 Å². The van der Waals surface area contributed by atoms with Gasteiger partial charge in [0.1, 0.15) is 0 Å². The van der Waals surface area contributed by atoms with Crippen LogP contribution in [0.2, 0.25) is 0 Å². The lowest BCUT2D eigenvalue weighted by Crippen LogP contribution is -2.29. The van der Waals surface area contributed by atoms with Gasteiger partial charge in [-0.2, -0.15) is 5.26 Å². The number of nitrogens with zero attached hydrogens (tertiary/aromatic N) is 4. The van der Waals surface area contributed by atoms with Gasteiger partial charge in [-0.15, -0.1) is 0 Å². The van der Waals surface area contributed by atoms with Crippen LogP contribution in [0.15, 0.2) is 127 Å². The van der Waals surface area contributed by atoms with Crippen LogP contribution in [0.4, 0.5) is 5.69 Å². The Labute approximate surface area is 263 Å². The van der Waals surface area contributed by atoms with E-state index in [-0.39, 0.29) is 0 Å². The lowest BCUT2D eigenvalue weighted by Gasteiger charge is -2.17. The number of anilines is 1. The van der Waals surface area contributed by atoms with E-state index < -0.39 is 11.8 Å². The first-order valence-corrected chi connectivity index (χ1v) is 15.1. The number of aryl methyl sites for hydroxylation is 1. The zero-order chi connectivity index (χ0) is 31.1. The van der Waals surface area contributed by atoms with Crippen molar-refractivity contribution in [3.05, 3.63) is 150 Å². The number of fused-ring (bicyclic) bond motifs is 7. The third-order valence-corrected chi connectivity index (χ3v) is 9.10. The number of carbonyl (C=O) groups is 2. The molecule has 6 heteroatoms. The lowest BCUT2D eigenvalue weighted by atomic mass is 10.1. The monoisotopic (exact) mass is 592 g/mol. The van der Waals surface area contributed by atoms with Crippen molar-refractivity contribution in [2.75, 3.05) is 4.90 Å². The van der Waals surface area contributed by atoms with Gasteiger partial charge < -0.3 is 9.13 Å². The van der Waals surface area contributed by atoms with Gasteiger partial charge in [-0.1, -0.05) is 66.2 Å². The molecular weight excluding hydrogens is 568 g/mol. The van der Waals surface area contributed by atoms with Crippen molar-refractivity contribution in [1.29, 1.82) is 5.26 Å². The normalized spacial score (nSPS) is 12.9. The van der Waals surface area contributed by atoms with Crippen LogP contribution in [-0.2, 0) is 0 Å². The van der Waals surface area contributed by atoms with Crippen LogP contribution in [0.25, 0.3) is 55.0 Å². The maximum absolute atomic E-state index is 13.5. The first kappa shape index (κ1) is 26.0. The molecule has 2 aromatic heterocycles. The second-order valence-electron chi connectivity index (χ2n) is 11.8. The minimum Gasteiger partial charge on any atom is -0.309 e. The van der Waals surface area contributed by atoms with E-state index in [1.54, 1.807) is 30.3 Å².